The highest BCUT2D eigenvalue weighted by Crippen LogP contribution is 2.22. The summed E-state index contributed by atoms with van der Waals surface area (Å²) in [7, 11) is 0. The summed E-state index contributed by atoms with van der Waals surface area (Å²) >= 11 is 5.87. The Morgan fingerprint density at radius 2 is 1.74 bits per heavy atom. The van der Waals surface area contributed by atoms with E-state index in [0.29, 0.717) is 16.5 Å². The third kappa shape index (κ3) is 5.60. The molecule has 0 heterocycles. The third-order valence-electron chi connectivity index (χ3n) is 2.67. The van der Waals surface area contributed by atoms with Crippen molar-refractivity contribution in [3.05, 3.63) is 59.4 Å². The van der Waals surface area contributed by atoms with Crippen molar-refractivity contribution in [2.24, 2.45) is 0 Å². The fourth-order valence-electron chi connectivity index (χ4n) is 1.62. The number of carbonyl (C=O) groups is 2. The third-order valence-corrected chi connectivity index (χ3v) is 2.99. The highest BCUT2D eigenvalue weighted by atomic mass is 35.5. The van der Waals surface area contributed by atoms with Crippen LogP contribution in [0.5, 0.6) is 5.75 Å². The largest absolute Gasteiger partial charge is 0.480 e. The van der Waals surface area contributed by atoms with Crippen LogP contribution in [0, 0.1) is 5.82 Å². The zero-order chi connectivity index (χ0) is 16.7. The lowest BCUT2D eigenvalue weighted by atomic mass is 10.3. The van der Waals surface area contributed by atoms with Gasteiger partial charge in [-0.25, -0.2) is 9.18 Å². The molecule has 1 N–H and O–H groups in total. The molecular weight excluding hydrogens is 325 g/mol. The van der Waals surface area contributed by atoms with Gasteiger partial charge in [0.25, 0.3) is 5.91 Å². The molecule has 0 atom stereocenters. The van der Waals surface area contributed by atoms with Crippen LogP contribution >= 0.6 is 11.6 Å². The van der Waals surface area contributed by atoms with E-state index in [0.717, 1.165) is 0 Å². The fourth-order valence-corrected chi connectivity index (χ4v) is 1.81. The van der Waals surface area contributed by atoms with Gasteiger partial charge in [-0.2, -0.15) is 0 Å². The minimum Gasteiger partial charge on any atom is -0.480 e. The van der Waals surface area contributed by atoms with Crippen molar-refractivity contribution in [3.8, 4) is 5.75 Å². The van der Waals surface area contributed by atoms with Crippen molar-refractivity contribution in [3.63, 3.8) is 0 Å². The van der Waals surface area contributed by atoms with Crippen molar-refractivity contribution < 1.29 is 23.5 Å². The number of rotatable bonds is 6. The van der Waals surface area contributed by atoms with E-state index in [2.05, 4.69) is 5.32 Å². The smallest absolute Gasteiger partial charge is 0.344 e. The molecule has 0 fully saturated rings. The number of hydrogen-bond donors (Lipinski definition) is 1. The molecule has 1 amide bonds. The van der Waals surface area contributed by atoms with Crippen molar-refractivity contribution in [2.45, 2.75) is 0 Å². The number of amides is 1. The van der Waals surface area contributed by atoms with Gasteiger partial charge < -0.3 is 14.8 Å². The molecule has 0 bridgehead atoms. The normalized spacial score (nSPS) is 10.0. The first-order valence-electron chi connectivity index (χ1n) is 6.63. The Balaban J connectivity index is 1.72. The SMILES string of the molecule is O=C(COC(=O)COc1ccccc1Cl)Nc1ccc(F)cc1. The van der Waals surface area contributed by atoms with Gasteiger partial charge in [-0.3, -0.25) is 4.79 Å². The lowest BCUT2D eigenvalue weighted by Crippen LogP contribution is -2.23. The topological polar surface area (TPSA) is 64.6 Å². The second kappa shape index (κ2) is 8.14. The number of ether oxygens (including phenoxy) is 2. The number of hydrogen-bond acceptors (Lipinski definition) is 4. The average Bonchev–Trinajstić information content (AvgIpc) is 2.54. The van der Waals surface area contributed by atoms with Gasteiger partial charge in [0, 0.05) is 5.69 Å². The molecule has 0 saturated heterocycles. The van der Waals surface area contributed by atoms with Gasteiger partial charge in [-0.05, 0) is 36.4 Å². The molecule has 0 aliphatic rings. The van der Waals surface area contributed by atoms with E-state index in [1.165, 1.54) is 24.3 Å². The van der Waals surface area contributed by atoms with Crippen molar-refractivity contribution in [2.75, 3.05) is 18.5 Å². The molecule has 5 nitrogen and oxygen atoms in total. The maximum atomic E-state index is 12.7. The van der Waals surface area contributed by atoms with Crippen molar-refractivity contribution >= 4 is 29.2 Å². The first kappa shape index (κ1) is 16.8. The minimum absolute atomic E-state index is 0.349. The Hall–Kier alpha value is -2.60. The number of para-hydroxylation sites is 1. The first-order valence-corrected chi connectivity index (χ1v) is 7.01. The molecule has 0 saturated carbocycles. The van der Waals surface area contributed by atoms with Gasteiger partial charge in [0.15, 0.2) is 13.2 Å². The Morgan fingerprint density at radius 1 is 1.04 bits per heavy atom. The molecule has 7 heteroatoms. The Morgan fingerprint density at radius 3 is 2.43 bits per heavy atom. The summed E-state index contributed by atoms with van der Waals surface area (Å²) in [6.45, 7) is -0.838. The molecule has 0 spiro atoms. The van der Waals surface area contributed by atoms with Gasteiger partial charge in [-0.15, -0.1) is 0 Å². The summed E-state index contributed by atoms with van der Waals surface area (Å²) in [5, 5.41) is 2.83. The predicted octanol–water partition coefficient (Wildman–Crippen LogP) is 3.04. The molecular formula is C16H13ClFNO4. The average molecular weight is 338 g/mol. The maximum Gasteiger partial charge on any atom is 0.344 e. The van der Waals surface area contributed by atoms with Crippen LogP contribution in [-0.4, -0.2) is 25.1 Å². The second-order valence-corrected chi connectivity index (χ2v) is 4.84. The van der Waals surface area contributed by atoms with E-state index in [1.807, 2.05) is 0 Å². The van der Waals surface area contributed by atoms with E-state index in [1.54, 1.807) is 24.3 Å². The summed E-state index contributed by atoms with van der Waals surface area (Å²) in [5.41, 5.74) is 0.403. The summed E-state index contributed by atoms with van der Waals surface area (Å²) in [6, 6.07) is 11.9. The van der Waals surface area contributed by atoms with Crippen LogP contribution in [0.15, 0.2) is 48.5 Å². The lowest BCUT2D eigenvalue weighted by molar-refractivity contribution is -0.149. The minimum atomic E-state index is -0.709. The molecule has 0 aromatic heterocycles. The van der Waals surface area contributed by atoms with Crippen LogP contribution < -0.4 is 10.1 Å². The summed E-state index contributed by atoms with van der Waals surface area (Å²) in [6.07, 6.45) is 0. The molecule has 0 aliphatic carbocycles. The molecule has 2 aromatic carbocycles. The summed E-state index contributed by atoms with van der Waals surface area (Å²) in [4.78, 5) is 23.1. The molecule has 0 unspecified atom stereocenters. The quantitative estimate of drug-likeness (QED) is 0.823. The standard InChI is InChI=1S/C16H13ClFNO4/c17-13-3-1-2-4-14(13)22-10-16(21)23-9-15(20)19-12-7-5-11(18)6-8-12/h1-8H,9-10H2,(H,19,20). The molecule has 0 radical (unpaired) electrons. The van der Waals surface area contributed by atoms with Gasteiger partial charge in [0.2, 0.25) is 0 Å². The number of benzene rings is 2. The zero-order valence-electron chi connectivity index (χ0n) is 11.9. The van der Waals surface area contributed by atoms with Crippen LogP contribution in [-0.2, 0) is 14.3 Å². The maximum absolute atomic E-state index is 12.7. The molecule has 23 heavy (non-hydrogen) atoms. The highest BCUT2D eigenvalue weighted by molar-refractivity contribution is 6.32. The van der Waals surface area contributed by atoms with E-state index in [9.17, 15) is 14.0 Å². The predicted molar refractivity (Wildman–Crippen MR) is 82.9 cm³/mol. The second-order valence-electron chi connectivity index (χ2n) is 4.43. The van der Waals surface area contributed by atoms with Crippen molar-refractivity contribution in [1.82, 2.24) is 0 Å². The van der Waals surface area contributed by atoms with Gasteiger partial charge in [-0.1, -0.05) is 23.7 Å². The summed E-state index contributed by atoms with van der Waals surface area (Å²) in [5.74, 6) is -1.31. The monoisotopic (exact) mass is 337 g/mol. The van der Waals surface area contributed by atoms with E-state index in [4.69, 9.17) is 21.1 Å². The highest BCUT2D eigenvalue weighted by Gasteiger charge is 2.10. The van der Waals surface area contributed by atoms with Gasteiger partial charge >= 0.3 is 5.97 Å². The van der Waals surface area contributed by atoms with Crippen LogP contribution in [0.1, 0.15) is 0 Å². The Labute approximate surface area is 137 Å². The number of nitrogens with one attached hydrogen (secondary N) is 1. The molecule has 2 aromatic rings. The molecule has 120 valence electrons. The zero-order valence-corrected chi connectivity index (χ0v) is 12.7. The number of esters is 1. The number of halogens is 2. The van der Waals surface area contributed by atoms with Crippen molar-refractivity contribution in [1.29, 1.82) is 0 Å². The first-order chi connectivity index (χ1) is 11.0. The van der Waals surface area contributed by atoms with Gasteiger partial charge in [0.05, 0.1) is 5.02 Å². The fraction of sp³-hybridized carbons (Fsp3) is 0.125. The molecule has 2 rings (SSSR count). The number of anilines is 1. The van der Waals surface area contributed by atoms with E-state index in [-0.39, 0.29) is 6.61 Å². The van der Waals surface area contributed by atoms with Gasteiger partial charge in [0.1, 0.15) is 11.6 Å². The van der Waals surface area contributed by atoms with Crippen LogP contribution in [0.4, 0.5) is 10.1 Å². The summed E-state index contributed by atoms with van der Waals surface area (Å²) < 4.78 is 22.7. The van der Waals surface area contributed by atoms with E-state index >= 15 is 0 Å². The van der Waals surface area contributed by atoms with Crippen LogP contribution in [0.3, 0.4) is 0 Å². The van der Waals surface area contributed by atoms with E-state index < -0.39 is 24.3 Å². The van der Waals surface area contributed by atoms with Crippen LogP contribution in [0.2, 0.25) is 5.02 Å². The van der Waals surface area contributed by atoms with Crippen LogP contribution in [0.25, 0.3) is 0 Å². The molecule has 0 aliphatic heterocycles. The lowest BCUT2D eigenvalue weighted by Gasteiger charge is -2.08. The Kier molecular flexibility index (Phi) is 5.94. The number of carbonyl (C=O) groups excluding carboxylic acids is 2. The Bertz CT molecular complexity index is 691.